The fourth-order valence-electron chi connectivity index (χ4n) is 2.83. The van der Waals surface area contributed by atoms with Gasteiger partial charge in [0.2, 0.25) is 5.91 Å². The molecule has 3 aromatic rings. The SMILES string of the molecule is Cc1cccc(O[C@@H](C)C(=O)NNC(=O)CCn2c(=O)oc3ccccc32)c1C. The molecule has 2 N–H and O–H groups in total. The van der Waals surface area contributed by atoms with Crippen LogP contribution >= 0.6 is 0 Å². The number of hydrogen-bond acceptors (Lipinski definition) is 5. The summed E-state index contributed by atoms with van der Waals surface area (Å²) in [6.45, 7) is 5.60. The number of amides is 2. The molecule has 1 aromatic heterocycles. The van der Waals surface area contributed by atoms with Gasteiger partial charge in [-0.2, -0.15) is 0 Å². The Morgan fingerprint density at radius 2 is 1.86 bits per heavy atom. The molecule has 0 fully saturated rings. The highest BCUT2D eigenvalue weighted by Crippen LogP contribution is 2.21. The number of hydrogen-bond donors (Lipinski definition) is 2. The second kappa shape index (κ2) is 8.64. The first kappa shape index (κ1) is 20.2. The maximum atomic E-state index is 12.2. The number of nitrogens with zero attached hydrogens (tertiary/aromatic N) is 1. The molecule has 0 bridgehead atoms. The molecule has 152 valence electrons. The number of carbonyl (C=O) groups is 2. The number of aryl methyl sites for hydroxylation is 2. The van der Waals surface area contributed by atoms with Gasteiger partial charge in [0, 0.05) is 13.0 Å². The predicted molar refractivity (Wildman–Crippen MR) is 107 cm³/mol. The minimum absolute atomic E-state index is 0.00403. The molecule has 8 heteroatoms. The standard InChI is InChI=1S/C21H23N3O5/c1-13-7-6-10-17(14(13)2)28-15(3)20(26)23-22-19(25)11-12-24-16-8-4-5-9-18(16)29-21(24)27/h4-10,15H,11-12H2,1-3H3,(H,22,25)(H,23,26)/t15-/m0/s1. The summed E-state index contributed by atoms with van der Waals surface area (Å²) in [6, 6.07) is 12.6. The van der Waals surface area contributed by atoms with Gasteiger partial charge in [-0.3, -0.25) is 25.0 Å². The number of rotatable bonds is 6. The van der Waals surface area contributed by atoms with E-state index in [4.69, 9.17) is 9.15 Å². The molecule has 29 heavy (non-hydrogen) atoms. The number of nitrogens with one attached hydrogen (secondary N) is 2. The molecule has 0 radical (unpaired) electrons. The van der Waals surface area contributed by atoms with Crippen LogP contribution in [-0.4, -0.2) is 22.5 Å². The molecule has 0 aliphatic carbocycles. The summed E-state index contributed by atoms with van der Waals surface area (Å²) >= 11 is 0. The predicted octanol–water partition coefficient (Wildman–Crippen LogP) is 2.22. The third-order valence-corrected chi connectivity index (χ3v) is 4.69. The van der Waals surface area contributed by atoms with E-state index in [9.17, 15) is 14.4 Å². The van der Waals surface area contributed by atoms with Crippen molar-refractivity contribution in [2.75, 3.05) is 0 Å². The zero-order chi connectivity index (χ0) is 21.0. The highest BCUT2D eigenvalue weighted by molar-refractivity contribution is 5.84. The van der Waals surface area contributed by atoms with Crippen molar-refractivity contribution in [3.05, 3.63) is 64.1 Å². The van der Waals surface area contributed by atoms with E-state index in [2.05, 4.69) is 10.9 Å². The Kier molecular flexibility index (Phi) is 6.01. The second-order valence-electron chi connectivity index (χ2n) is 6.73. The average Bonchev–Trinajstić information content (AvgIpc) is 3.02. The maximum Gasteiger partial charge on any atom is 0.419 e. The van der Waals surface area contributed by atoms with Gasteiger partial charge in [0.15, 0.2) is 11.7 Å². The molecule has 2 amide bonds. The average molecular weight is 397 g/mol. The normalized spacial score (nSPS) is 11.8. The van der Waals surface area contributed by atoms with Crippen LogP contribution in [0.25, 0.3) is 11.1 Å². The molecular formula is C21H23N3O5. The summed E-state index contributed by atoms with van der Waals surface area (Å²) < 4.78 is 12.2. The summed E-state index contributed by atoms with van der Waals surface area (Å²) in [5.74, 6) is -0.830. The molecule has 0 spiro atoms. The largest absolute Gasteiger partial charge is 0.481 e. The summed E-state index contributed by atoms with van der Waals surface area (Å²) in [5.41, 5.74) is 7.78. The number of fused-ring (bicyclic) bond motifs is 1. The summed E-state index contributed by atoms with van der Waals surface area (Å²) in [4.78, 5) is 36.2. The lowest BCUT2D eigenvalue weighted by Gasteiger charge is -2.17. The lowest BCUT2D eigenvalue weighted by atomic mass is 10.1. The van der Waals surface area contributed by atoms with Gasteiger partial charge in [-0.05, 0) is 50.1 Å². The fraction of sp³-hybridized carbons (Fsp3) is 0.286. The zero-order valence-corrected chi connectivity index (χ0v) is 16.5. The van der Waals surface area contributed by atoms with Gasteiger partial charge in [-0.15, -0.1) is 0 Å². The Morgan fingerprint density at radius 3 is 2.66 bits per heavy atom. The molecule has 1 heterocycles. The maximum absolute atomic E-state index is 12.2. The van der Waals surface area contributed by atoms with E-state index in [-0.39, 0.29) is 13.0 Å². The van der Waals surface area contributed by atoms with E-state index in [0.717, 1.165) is 11.1 Å². The van der Waals surface area contributed by atoms with Crippen LogP contribution in [0.3, 0.4) is 0 Å². The minimum atomic E-state index is -0.795. The monoisotopic (exact) mass is 397 g/mol. The van der Waals surface area contributed by atoms with Crippen molar-refractivity contribution in [3.63, 3.8) is 0 Å². The van der Waals surface area contributed by atoms with E-state index >= 15 is 0 Å². The summed E-state index contributed by atoms with van der Waals surface area (Å²) in [5, 5.41) is 0. The first-order valence-corrected chi connectivity index (χ1v) is 9.26. The summed E-state index contributed by atoms with van der Waals surface area (Å²) in [7, 11) is 0. The Labute approximate surface area is 167 Å². The van der Waals surface area contributed by atoms with Gasteiger partial charge in [0.25, 0.3) is 5.91 Å². The van der Waals surface area contributed by atoms with Crippen molar-refractivity contribution < 1.29 is 18.7 Å². The van der Waals surface area contributed by atoms with Crippen LogP contribution in [0.4, 0.5) is 0 Å². The molecule has 0 aliphatic heterocycles. The van der Waals surface area contributed by atoms with Crippen LogP contribution in [-0.2, 0) is 16.1 Å². The number of para-hydroxylation sites is 2. The zero-order valence-electron chi connectivity index (χ0n) is 16.5. The van der Waals surface area contributed by atoms with Gasteiger partial charge in [0.1, 0.15) is 5.75 Å². The van der Waals surface area contributed by atoms with Crippen molar-refractivity contribution in [1.82, 2.24) is 15.4 Å². The lowest BCUT2D eigenvalue weighted by Crippen LogP contribution is -2.47. The van der Waals surface area contributed by atoms with E-state index in [1.165, 1.54) is 4.57 Å². The number of carbonyl (C=O) groups excluding carboxylic acids is 2. The smallest absolute Gasteiger partial charge is 0.419 e. The lowest BCUT2D eigenvalue weighted by molar-refractivity contribution is -0.132. The van der Waals surface area contributed by atoms with Crippen molar-refractivity contribution in [2.45, 2.75) is 39.8 Å². The molecule has 0 unspecified atom stereocenters. The number of benzene rings is 2. The number of ether oxygens (including phenoxy) is 1. The number of aromatic nitrogens is 1. The minimum Gasteiger partial charge on any atom is -0.481 e. The van der Waals surface area contributed by atoms with Crippen LogP contribution in [0, 0.1) is 13.8 Å². The van der Waals surface area contributed by atoms with Crippen molar-refractivity contribution >= 4 is 22.9 Å². The summed E-state index contributed by atoms with van der Waals surface area (Å²) in [6.07, 6.45) is -0.799. The third-order valence-electron chi connectivity index (χ3n) is 4.69. The quantitative estimate of drug-likeness (QED) is 0.621. The number of hydrazine groups is 1. The molecule has 2 aromatic carbocycles. The van der Waals surface area contributed by atoms with Gasteiger partial charge in [0.05, 0.1) is 5.52 Å². The molecule has 8 nitrogen and oxygen atoms in total. The van der Waals surface area contributed by atoms with Crippen LogP contribution in [0.5, 0.6) is 5.75 Å². The molecular weight excluding hydrogens is 374 g/mol. The number of oxazole rings is 1. The van der Waals surface area contributed by atoms with Gasteiger partial charge < -0.3 is 9.15 Å². The second-order valence-corrected chi connectivity index (χ2v) is 6.73. The molecule has 1 atom stereocenters. The third kappa shape index (κ3) is 4.66. The molecule has 0 saturated heterocycles. The van der Waals surface area contributed by atoms with Crippen molar-refractivity contribution in [1.29, 1.82) is 0 Å². The van der Waals surface area contributed by atoms with Crippen molar-refractivity contribution in [3.8, 4) is 5.75 Å². The van der Waals surface area contributed by atoms with Crippen molar-refractivity contribution in [2.24, 2.45) is 0 Å². The Hall–Kier alpha value is -3.55. The van der Waals surface area contributed by atoms with Gasteiger partial charge >= 0.3 is 5.76 Å². The molecule has 0 aliphatic rings. The van der Waals surface area contributed by atoms with Crippen LogP contribution in [0.1, 0.15) is 24.5 Å². The van der Waals surface area contributed by atoms with Gasteiger partial charge in [-0.1, -0.05) is 24.3 Å². The molecule has 0 saturated carbocycles. The first-order chi connectivity index (χ1) is 13.9. The highest BCUT2D eigenvalue weighted by Gasteiger charge is 2.17. The fourth-order valence-corrected chi connectivity index (χ4v) is 2.83. The first-order valence-electron chi connectivity index (χ1n) is 9.26. The van der Waals surface area contributed by atoms with Crippen LogP contribution < -0.4 is 21.3 Å². The van der Waals surface area contributed by atoms with E-state index in [1.807, 2.05) is 26.0 Å². The van der Waals surface area contributed by atoms with Crippen LogP contribution in [0.2, 0.25) is 0 Å². The Morgan fingerprint density at radius 1 is 1.10 bits per heavy atom. The van der Waals surface area contributed by atoms with Crippen LogP contribution in [0.15, 0.2) is 51.7 Å². The Bertz CT molecular complexity index is 1100. The molecule has 3 rings (SSSR count). The highest BCUT2D eigenvalue weighted by atomic mass is 16.5. The van der Waals surface area contributed by atoms with Gasteiger partial charge in [-0.25, -0.2) is 4.79 Å². The van der Waals surface area contributed by atoms with E-state index in [1.54, 1.807) is 37.3 Å². The Balaban J connectivity index is 1.51. The van der Waals surface area contributed by atoms with E-state index < -0.39 is 23.7 Å². The van der Waals surface area contributed by atoms with E-state index in [0.29, 0.717) is 16.8 Å². The topological polar surface area (TPSA) is 103 Å².